The number of benzene rings is 1. The number of nitrogens with zero attached hydrogens (tertiary/aromatic N) is 1. The first kappa shape index (κ1) is 13.6. The quantitative estimate of drug-likeness (QED) is 0.738. The van der Waals surface area contributed by atoms with Gasteiger partial charge in [-0.3, -0.25) is 5.32 Å². The zero-order chi connectivity index (χ0) is 12.7. The minimum absolute atomic E-state index is 0.0776. The molecule has 0 saturated carbocycles. The van der Waals surface area contributed by atoms with Gasteiger partial charge in [0, 0.05) is 13.0 Å². The largest absolute Gasteiger partial charge is 0.396 e. The molecule has 0 heterocycles. The van der Waals surface area contributed by atoms with Crippen LogP contribution in [0.5, 0.6) is 0 Å². The van der Waals surface area contributed by atoms with Gasteiger partial charge in [0.05, 0.1) is 6.07 Å². The van der Waals surface area contributed by atoms with E-state index in [1.54, 1.807) is 25.1 Å². The van der Waals surface area contributed by atoms with Crippen LogP contribution in [0, 0.1) is 17.1 Å². The van der Waals surface area contributed by atoms with Crippen LogP contribution in [0.15, 0.2) is 24.3 Å². The van der Waals surface area contributed by atoms with Gasteiger partial charge in [0.25, 0.3) is 0 Å². The molecule has 17 heavy (non-hydrogen) atoms. The number of halogens is 1. The van der Waals surface area contributed by atoms with Crippen molar-refractivity contribution in [2.45, 2.75) is 25.3 Å². The van der Waals surface area contributed by atoms with Crippen LogP contribution in [0.2, 0.25) is 0 Å². The Hall–Kier alpha value is -1.44. The van der Waals surface area contributed by atoms with Crippen molar-refractivity contribution in [3.63, 3.8) is 0 Å². The Bertz CT molecular complexity index is 403. The monoisotopic (exact) mass is 236 g/mol. The van der Waals surface area contributed by atoms with Crippen LogP contribution in [-0.4, -0.2) is 23.8 Å². The summed E-state index contributed by atoms with van der Waals surface area (Å²) in [6.07, 6.45) is 0.885. The first-order valence-corrected chi connectivity index (χ1v) is 5.62. The molecule has 1 unspecified atom stereocenters. The van der Waals surface area contributed by atoms with E-state index in [-0.39, 0.29) is 12.4 Å². The number of hydrogen-bond acceptors (Lipinski definition) is 3. The Morgan fingerprint density at radius 1 is 1.47 bits per heavy atom. The van der Waals surface area contributed by atoms with Gasteiger partial charge in [-0.1, -0.05) is 18.2 Å². The molecule has 92 valence electrons. The number of nitrogens with one attached hydrogen (secondary N) is 1. The summed E-state index contributed by atoms with van der Waals surface area (Å²) in [6.45, 7) is 2.35. The zero-order valence-corrected chi connectivity index (χ0v) is 9.91. The predicted molar refractivity (Wildman–Crippen MR) is 63.8 cm³/mol. The minimum Gasteiger partial charge on any atom is -0.396 e. The highest BCUT2D eigenvalue weighted by atomic mass is 19.1. The van der Waals surface area contributed by atoms with E-state index in [2.05, 4.69) is 11.4 Å². The number of hydrogen-bond donors (Lipinski definition) is 2. The molecule has 2 N–H and O–H groups in total. The Morgan fingerprint density at radius 3 is 2.76 bits per heavy atom. The second-order valence-corrected chi connectivity index (χ2v) is 4.22. The molecule has 0 bridgehead atoms. The maximum Gasteiger partial charge on any atom is 0.126 e. The fraction of sp³-hybridized carbons (Fsp3) is 0.462. The number of nitriles is 1. The topological polar surface area (TPSA) is 56.0 Å². The van der Waals surface area contributed by atoms with Gasteiger partial charge in [0.15, 0.2) is 0 Å². The van der Waals surface area contributed by atoms with Crippen LogP contribution < -0.4 is 5.32 Å². The van der Waals surface area contributed by atoms with E-state index in [9.17, 15) is 4.39 Å². The highest BCUT2D eigenvalue weighted by Gasteiger charge is 2.24. The van der Waals surface area contributed by atoms with Crippen LogP contribution in [0.4, 0.5) is 4.39 Å². The Morgan fingerprint density at radius 2 is 2.18 bits per heavy atom. The average Bonchev–Trinajstić information content (AvgIpc) is 2.33. The third-order valence-corrected chi connectivity index (χ3v) is 2.60. The van der Waals surface area contributed by atoms with Crippen molar-refractivity contribution in [1.29, 1.82) is 5.26 Å². The molecule has 4 heteroatoms. The molecule has 0 aliphatic carbocycles. The van der Waals surface area contributed by atoms with Gasteiger partial charge in [0.2, 0.25) is 0 Å². The van der Waals surface area contributed by atoms with Crippen molar-refractivity contribution in [2.24, 2.45) is 0 Å². The van der Waals surface area contributed by atoms with Crippen LogP contribution in [-0.2, 0) is 6.42 Å². The van der Waals surface area contributed by atoms with Crippen LogP contribution in [0.1, 0.15) is 18.9 Å². The Balaban J connectivity index is 2.69. The molecule has 0 aliphatic heterocycles. The van der Waals surface area contributed by atoms with Gasteiger partial charge in [-0.25, -0.2) is 4.39 Å². The van der Waals surface area contributed by atoms with E-state index in [1.165, 1.54) is 6.07 Å². The van der Waals surface area contributed by atoms with E-state index in [4.69, 9.17) is 10.4 Å². The van der Waals surface area contributed by atoms with E-state index >= 15 is 0 Å². The molecule has 0 spiro atoms. The summed E-state index contributed by atoms with van der Waals surface area (Å²) in [5, 5.41) is 20.9. The smallest absolute Gasteiger partial charge is 0.126 e. The summed E-state index contributed by atoms with van der Waals surface area (Å²) < 4.78 is 13.5. The second-order valence-electron chi connectivity index (χ2n) is 4.22. The first-order valence-electron chi connectivity index (χ1n) is 5.62. The predicted octanol–water partition coefficient (Wildman–Crippen LogP) is 1.62. The zero-order valence-electron chi connectivity index (χ0n) is 9.91. The molecule has 1 aromatic rings. The molecule has 0 radical (unpaired) electrons. The molecule has 0 saturated heterocycles. The normalized spacial score (nSPS) is 14.0. The molecule has 0 aromatic heterocycles. The van der Waals surface area contributed by atoms with Gasteiger partial charge in [-0.15, -0.1) is 0 Å². The SMILES string of the molecule is CC(C#N)(Cc1ccccc1F)NCCCO. The minimum atomic E-state index is -0.808. The molecule has 1 aromatic carbocycles. The molecular formula is C13H17FN2O. The second kappa shape index (κ2) is 6.33. The fourth-order valence-electron chi connectivity index (χ4n) is 1.61. The van der Waals surface area contributed by atoms with E-state index in [1.807, 2.05) is 0 Å². The summed E-state index contributed by atoms with van der Waals surface area (Å²) >= 11 is 0. The molecule has 0 amide bonds. The summed E-state index contributed by atoms with van der Waals surface area (Å²) in [4.78, 5) is 0. The number of rotatable bonds is 6. The van der Waals surface area contributed by atoms with Gasteiger partial charge in [0.1, 0.15) is 11.4 Å². The standard InChI is InChI=1S/C13H17FN2O/c1-13(10-15,16-7-4-8-17)9-11-5-2-3-6-12(11)14/h2-3,5-6,16-17H,4,7-9H2,1H3. The summed E-state index contributed by atoms with van der Waals surface area (Å²) in [6, 6.07) is 8.60. The van der Waals surface area contributed by atoms with E-state index in [0.29, 0.717) is 24.9 Å². The third kappa shape index (κ3) is 4.14. The van der Waals surface area contributed by atoms with E-state index in [0.717, 1.165) is 0 Å². The van der Waals surface area contributed by atoms with E-state index < -0.39 is 5.54 Å². The molecular weight excluding hydrogens is 219 g/mol. The van der Waals surface area contributed by atoms with Gasteiger partial charge in [-0.2, -0.15) is 5.26 Å². The van der Waals surface area contributed by atoms with Gasteiger partial charge in [-0.05, 0) is 31.5 Å². The molecule has 3 nitrogen and oxygen atoms in total. The van der Waals surface area contributed by atoms with Crippen molar-refractivity contribution in [1.82, 2.24) is 5.32 Å². The first-order chi connectivity index (χ1) is 8.11. The van der Waals surface area contributed by atoms with Crippen molar-refractivity contribution >= 4 is 0 Å². The lowest BCUT2D eigenvalue weighted by Crippen LogP contribution is -2.43. The molecule has 1 atom stereocenters. The average molecular weight is 236 g/mol. The van der Waals surface area contributed by atoms with Crippen LogP contribution in [0.3, 0.4) is 0 Å². The number of aliphatic hydroxyl groups excluding tert-OH is 1. The molecule has 0 aliphatic rings. The highest BCUT2D eigenvalue weighted by Crippen LogP contribution is 2.15. The van der Waals surface area contributed by atoms with Crippen molar-refractivity contribution in [3.8, 4) is 6.07 Å². The Labute approximate surface area is 101 Å². The van der Waals surface area contributed by atoms with Crippen molar-refractivity contribution in [2.75, 3.05) is 13.2 Å². The molecule has 0 fully saturated rings. The summed E-state index contributed by atoms with van der Waals surface area (Å²) in [5.41, 5.74) is -0.287. The van der Waals surface area contributed by atoms with Crippen molar-refractivity contribution < 1.29 is 9.50 Å². The maximum absolute atomic E-state index is 13.5. The Kier molecular flexibility index (Phi) is 5.08. The van der Waals surface area contributed by atoms with Crippen molar-refractivity contribution in [3.05, 3.63) is 35.6 Å². The van der Waals surface area contributed by atoms with Gasteiger partial charge < -0.3 is 5.11 Å². The van der Waals surface area contributed by atoms with Crippen LogP contribution in [0.25, 0.3) is 0 Å². The lowest BCUT2D eigenvalue weighted by atomic mass is 9.94. The van der Waals surface area contributed by atoms with Crippen LogP contribution >= 0.6 is 0 Å². The third-order valence-electron chi connectivity index (χ3n) is 2.60. The maximum atomic E-state index is 13.5. The fourth-order valence-corrected chi connectivity index (χ4v) is 1.61. The summed E-state index contributed by atoms with van der Waals surface area (Å²) in [5.74, 6) is -0.294. The lowest BCUT2D eigenvalue weighted by Gasteiger charge is -2.23. The van der Waals surface area contributed by atoms with Gasteiger partial charge >= 0.3 is 0 Å². The lowest BCUT2D eigenvalue weighted by molar-refractivity contribution is 0.279. The molecule has 1 rings (SSSR count). The highest BCUT2D eigenvalue weighted by molar-refractivity contribution is 5.23. The number of aliphatic hydroxyl groups is 1. The summed E-state index contributed by atoms with van der Waals surface area (Å²) in [7, 11) is 0.